The predicted molar refractivity (Wildman–Crippen MR) is 90.2 cm³/mol. The molecule has 0 atom stereocenters. The molecule has 1 aliphatic heterocycles. The molecule has 1 saturated heterocycles. The van der Waals surface area contributed by atoms with E-state index in [4.69, 9.17) is 10.5 Å². The third kappa shape index (κ3) is 3.36. The fraction of sp³-hybridized carbons (Fsp3) is 0.294. The van der Waals surface area contributed by atoms with Gasteiger partial charge in [0.2, 0.25) is 0 Å². The first-order valence-electron chi connectivity index (χ1n) is 7.57. The first-order valence-corrected chi connectivity index (χ1v) is 7.57. The summed E-state index contributed by atoms with van der Waals surface area (Å²) in [6.07, 6.45) is 1.63. The summed E-state index contributed by atoms with van der Waals surface area (Å²) in [6.45, 7) is 3.56. The van der Waals surface area contributed by atoms with E-state index in [0.29, 0.717) is 5.69 Å². The zero-order valence-corrected chi connectivity index (χ0v) is 13.1. The van der Waals surface area contributed by atoms with E-state index >= 15 is 0 Å². The topological polar surface area (TPSA) is 71.7 Å². The molecule has 120 valence electrons. The summed E-state index contributed by atoms with van der Waals surface area (Å²) in [6, 6.07) is 11.8. The van der Waals surface area contributed by atoms with Crippen molar-refractivity contribution in [2.24, 2.45) is 5.73 Å². The number of methoxy groups -OCH3 is 1. The van der Waals surface area contributed by atoms with Gasteiger partial charge in [0.1, 0.15) is 11.4 Å². The summed E-state index contributed by atoms with van der Waals surface area (Å²) in [5.74, 6) is 0.368. The molecule has 1 aromatic carbocycles. The summed E-state index contributed by atoms with van der Waals surface area (Å²) < 4.78 is 5.28. The fourth-order valence-corrected chi connectivity index (χ4v) is 2.78. The van der Waals surface area contributed by atoms with Crippen molar-refractivity contribution in [3.63, 3.8) is 0 Å². The molecule has 0 saturated carbocycles. The Kier molecular flexibility index (Phi) is 4.32. The van der Waals surface area contributed by atoms with Crippen LogP contribution in [0.2, 0.25) is 0 Å². The number of piperazine rings is 1. The SMILES string of the molecule is COc1cccc(N2CCN(c3ccnc(C(N)=O)c3)CC2)c1. The van der Waals surface area contributed by atoms with Crippen molar-refractivity contribution < 1.29 is 9.53 Å². The van der Waals surface area contributed by atoms with E-state index in [9.17, 15) is 4.79 Å². The maximum Gasteiger partial charge on any atom is 0.267 e. The lowest BCUT2D eigenvalue weighted by Gasteiger charge is -2.37. The minimum absolute atomic E-state index is 0.303. The minimum Gasteiger partial charge on any atom is -0.497 e. The molecular formula is C17H20N4O2. The Morgan fingerprint density at radius 3 is 2.35 bits per heavy atom. The molecule has 0 aliphatic carbocycles. The summed E-state index contributed by atoms with van der Waals surface area (Å²) >= 11 is 0. The van der Waals surface area contributed by atoms with Gasteiger partial charge in [-0.25, -0.2) is 0 Å². The maximum atomic E-state index is 11.3. The molecule has 1 amide bonds. The normalized spacial score (nSPS) is 14.7. The molecule has 2 heterocycles. The van der Waals surface area contributed by atoms with Gasteiger partial charge in [-0.2, -0.15) is 0 Å². The number of anilines is 2. The van der Waals surface area contributed by atoms with Gasteiger partial charge in [-0.3, -0.25) is 9.78 Å². The quantitative estimate of drug-likeness (QED) is 0.926. The smallest absolute Gasteiger partial charge is 0.267 e. The number of hydrogen-bond acceptors (Lipinski definition) is 5. The molecule has 1 aromatic heterocycles. The molecule has 23 heavy (non-hydrogen) atoms. The number of carbonyl (C=O) groups excluding carboxylic acids is 1. The van der Waals surface area contributed by atoms with Crippen molar-refractivity contribution in [2.75, 3.05) is 43.1 Å². The number of carbonyl (C=O) groups is 1. The van der Waals surface area contributed by atoms with Crippen molar-refractivity contribution in [3.05, 3.63) is 48.3 Å². The van der Waals surface area contributed by atoms with Crippen LogP contribution >= 0.6 is 0 Å². The Morgan fingerprint density at radius 2 is 1.74 bits per heavy atom. The molecule has 3 rings (SSSR count). The van der Waals surface area contributed by atoms with Gasteiger partial charge in [0.05, 0.1) is 7.11 Å². The van der Waals surface area contributed by atoms with Crippen LogP contribution in [0.15, 0.2) is 42.6 Å². The number of pyridine rings is 1. The molecule has 1 fully saturated rings. The molecule has 0 bridgehead atoms. The second-order valence-corrected chi connectivity index (χ2v) is 5.44. The van der Waals surface area contributed by atoms with E-state index in [1.54, 1.807) is 19.4 Å². The van der Waals surface area contributed by atoms with Gasteiger partial charge in [0.25, 0.3) is 5.91 Å². The number of rotatable bonds is 4. The highest BCUT2D eigenvalue weighted by atomic mass is 16.5. The summed E-state index contributed by atoms with van der Waals surface area (Å²) in [5, 5.41) is 0. The number of hydrogen-bond donors (Lipinski definition) is 1. The van der Waals surface area contributed by atoms with Crippen LogP contribution in [0.5, 0.6) is 5.75 Å². The Labute approximate surface area is 135 Å². The lowest BCUT2D eigenvalue weighted by molar-refractivity contribution is 0.0995. The second-order valence-electron chi connectivity index (χ2n) is 5.44. The zero-order chi connectivity index (χ0) is 16.2. The first-order chi connectivity index (χ1) is 11.2. The van der Waals surface area contributed by atoms with E-state index in [1.165, 1.54) is 0 Å². The van der Waals surface area contributed by atoms with Crippen molar-refractivity contribution in [2.45, 2.75) is 0 Å². The van der Waals surface area contributed by atoms with E-state index in [0.717, 1.165) is 43.3 Å². The Morgan fingerprint density at radius 1 is 1.09 bits per heavy atom. The molecule has 0 radical (unpaired) electrons. The number of nitrogens with zero attached hydrogens (tertiary/aromatic N) is 3. The Bertz CT molecular complexity index is 696. The van der Waals surface area contributed by atoms with E-state index in [1.807, 2.05) is 24.3 Å². The Hall–Kier alpha value is -2.76. The molecule has 1 aliphatic rings. The van der Waals surface area contributed by atoms with Crippen molar-refractivity contribution in [1.29, 1.82) is 0 Å². The highest BCUT2D eigenvalue weighted by molar-refractivity contribution is 5.91. The number of primary amides is 1. The van der Waals surface area contributed by atoms with Gasteiger partial charge < -0.3 is 20.3 Å². The second kappa shape index (κ2) is 6.56. The number of amides is 1. The lowest BCUT2D eigenvalue weighted by Crippen LogP contribution is -2.46. The molecule has 2 aromatic rings. The van der Waals surface area contributed by atoms with Crippen LogP contribution in [-0.4, -0.2) is 44.2 Å². The van der Waals surface area contributed by atoms with E-state index in [2.05, 4.69) is 20.9 Å². The molecule has 6 nitrogen and oxygen atoms in total. The predicted octanol–water partition coefficient (Wildman–Crippen LogP) is 1.52. The fourth-order valence-electron chi connectivity index (χ4n) is 2.78. The third-order valence-electron chi connectivity index (χ3n) is 4.06. The first kappa shape index (κ1) is 15.1. The van der Waals surface area contributed by atoms with Crippen LogP contribution in [0, 0.1) is 0 Å². The monoisotopic (exact) mass is 312 g/mol. The average Bonchev–Trinajstić information content (AvgIpc) is 2.62. The highest BCUT2D eigenvalue weighted by Gasteiger charge is 2.18. The molecule has 2 N–H and O–H groups in total. The van der Waals surface area contributed by atoms with E-state index in [-0.39, 0.29) is 0 Å². The van der Waals surface area contributed by atoms with E-state index < -0.39 is 5.91 Å². The van der Waals surface area contributed by atoms with Gasteiger partial charge in [-0.05, 0) is 24.3 Å². The standard InChI is InChI=1S/C17H20N4O2/c1-23-15-4-2-3-13(11-15)20-7-9-21(10-8-20)14-5-6-19-16(12-14)17(18)22/h2-6,11-12H,7-10H2,1H3,(H2,18,22). The number of aromatic nitrogens is 1. The largest absolute Gasteiger partial charge is 0.497 e. The zero-order valence-electron chi connectivity index (χ0n) is 13.1. The van der Waals surface area contributed by atoms with Crippen molar-refractivity contribution in [3.8, 4) is 5.75 Å². The molecular weight excluding hydrogens is 292 g/mol. The van der Waals surface area contributed by atoms with Gasteiger partial charge >= 0.3 is 0 Å². The summed E-state index contributed by atoms with van der Waals surface area (Å²) in [7, 11) is 1.68. The minimum atomic E-state index is -0.498. The van der Waals surface area contributed by atoms with Crippen LogP contribution in [0.3, 0.4) is 0 Å². The van der Waals surface area contributed by atoms with Crippen LogP contribution in [0.1, 0.15) is 10.5 Å². The van der Waals surface area contributed by atoms with Gasteiger partial charge in [0, 0.05) is 49.8 Å². The summed E-state index contributed by atoms with van der Waals surface area (Å²) in [5.41, 5.74) is 7.75. The highest BCUT2D eigenvalue weighted by Crippen LogP contribution is 2.24. The molecule has 0 unspecified atom stereocenters. The van der Waals surface area contributed by atoms with Gasteiger partial charge in [-0.15, -0.1) is 0 Å². The van der Waals surface area contributed by atoms with Gasteiger partial charge in [-0.1, -0.05) is 6.07 Å². The van der Waals surface area contributed by atoms with Crippen molar-refractivity contribution >= 4 is 17.3 Å². The Balaban J connectivity index is 1.68. The van der Waals surface area contributed by atoms with Crippen molar-refractivity contribution in [1.82, 2.24) is 4.98 Å². The number of ether oxygens (including phenoxy) is 1. The third-order valence-corrected chi connectivity index (χ3v) is 4.06. The van der Waals surface area contributed by atoms with Gasteiger partial charge in [0.15, 0.2) is 0 Å². The van der Waals surface area contributed by atoms with Crippen LogP contribution in [-0.2, 0) is 0 Å². The molecule has 0 spiro atoms. The number of nitrogens with two attached hydrogens (primary N) is 1. The average molecular weight is 312 g/mol. The lowest BCUT2D eigenvalue weighted by atomic mass is 10.2. The summed E-state index contributed by atoms with van der Waals surface area (Å²) in [4.78, 5) is 19.8. The molecule has 6 heteroatoms. The van der Waals surface area contributed by atoms with Crippen LogP contribution < -0.4 is 20.3 Å². The van der Waals surface area contributed by atoms with Crippen LogP contribution in [0.25, 0.3) is 0 Å². The maximum absolute atomic E-state index is 11.3. The van der Waals surface area contributed by atoms with Crippen LogP contribution in [0.4, 0.5) is 11.4 Å². The number of benzene rings is 1.